The molecule has 0 bridgehead atoms. The highest BCUT2D eigenvalue weighted by atomic mass is 16.3. The van der Waals surface area contributed by atoms with Crippen molar-refractivity contribution in [1.29, 1.82) is 0 Å². The van der Waals surface area contributed by atoms with E-state index in [4.69, 9.17) is 10.8 Å². The molecule has 114 valence electrons. The molecular formula is C16H34N2O. The van der Waals surface area contributed by atoms with Crippen LogP contribution < -0.4 is 5.73 Å². The van der Waals surface area contributed by atoms with Crippen LogP contribution in [0.2, 0.25) is 0 Å². The van der Waals surface area contributed by atoms with E-state index in [0.717, 1.165) is 24.8 Å². The van der Waals surface area contributed by atoms with Gasteiger partial charge in [-0.2, -0.15) is 0 Å². The molecule has 0 spiro atoms. The minimum Gasteiger partial charge on any atom is -0.394 e. The van der Waals surface area contributed by atoms with Crippen molar-refractivity contribution in [1.82, 2.24) is 4.90 Å². The van der Waals surface area contributed by atoms with Gasteiger partial charge in [0.05, 0.1) is 6.61 Å². The molecule has 3 N–H and O–H groups in total. The van der Waals surface area contributed by atoms with Gasteiger partial charge in [0, 0.05) is 18.1 Å². The predicted octanol–water partition coefficient (Wildman–Crippen LogP) is 2.77. The second kappa shape index (κ2) is 8.23. The molecule has 0 radical (unpaired) electrons. The number of rotatable bonds is 9. The highest BCUT2D eigenvalue weighted by Crippen LogP contribution is 2.24. The van der Waals surface area contributed by atoms with Crippen LogP contribution in [0.5, 0.6) is 0 Å². The summed E-state index contributed by atoms with van der Waals surface area (Å²) in [5.74, 6) is 0.748. The number of nitrogens with zero attached hydrogens (tertiary/aromatic N) is 1. The van der Waals surface area contributed by atoms with E-state index in [0.29, 0.717) is 0 Å². The summed E-state index contributed by atoms with van der Waals surface area (Å²) in [6, 6.07) is 0.824. The van der Waals surface area contributed by atoms with Crippen LogP contribution in [0.3, 0.4) is 0 Å². The van der Waals surface area contributed by atoms with Crippen LogP contribution in [0.25, 0.3) is 0 Å². The summed E-state index contributed by atoms with van der Waals surface area (Å²) in [5.41, 5.74) is 5.58. The molecule has 3 nitrogen and oxygen atoms in total. The predicted molar refractivity (Wildman–Crippen MR) is 82.2 cm³/mol. The van der Waals surface area contributed by atoms with E-state index in [1.54, 1.807) is 0 Å². The van der Waals surface area contributed by atoms with Gasteiger partial charge in [-0.05, 0) is 45.1 Å². The van der Waals surface area contributed by atoms with E-state index < -0.39 is 5.54 Å². The molecule has 1 aliphatic rings. The standard InChI is InChI=1S/C16H34N2O/c1-14(2)12-18(15-8-4-5-9-15)11-7-6-10-16(3,17)13-19/h14-15,19H,4-13,17H2,1-3H3. The first-order valence-electron chi connectivity index (χ1n) is 8.08. The summed E-state index contributed by atoms with van der Waals surface area (Å²) < 4.78 is 0. The van der Waals surface area contributed by atoms with Gasteiger partial charge in [-0.25, -0.2) is 0 Å². The van der Waals surface area contributed by atoms with Crippen molar-refractivity contribution in [2.24, 2.45) is 11.7 Å². The monoisotopic (exact) mass is 270 g/mol. The smallest absolute Gasteiger partial charge is 0.0608 e. The lowest BCUT2D eigenvalue weighted by atomic mass is 9.97. The maximum Gasteiger partial charge on any atom is 0.0608 e. The summed E-state index contributed by atoms with van der Waals surface area (Å²) in [7, 11) is 0. The van der Waals surface area contributed by atoms with Crippen molar-refractivity contribution in [3.8, 4) is 0 Å². The molecule has 0 aromatic heterocycles. The number of unbranched alkanes of at least 4 members (excludes halogenated alkanes) is 1. The second-order valence-corrected chi connectivity index (χ2v) is 7.10. The third-order valence-electron chi connectivity index (χ3n) is 4.25. The van der Waals surface area contributed by atoms with Crippen LogP contribution in [0.15, 0.2) is 0 Å². The van der Waals surface area contributed by atoms with Crippen LogP contribution in [0.4, 0.5) is 0 Å². The Morgan fingerprint density at radius 2 is 1.89 bits per heavy atom. The van der Waals surface area contributed by atoms with E-state index >= 15 is 0 Å². The fourth-order valence-electron chi connectivity index (χ4n) is 3.08. The number of hydrogen-bond donors (Lipinski definition) is 2. The third kappa shape index (κ3) is 6.73. The average Bonchev–Trinajstić information content (AvgIpc) is 2.86. The van der Waals surface area contributed by atoms with Crippen molar-refractivity contribution in [2.75, 3.05) is 19.7 Å². The highest BCUT2D eigenvalue weighted by Gasteiger charge is 2.23. The Morgan fingerprint density at radius 1 is 1.26 bits per heavy atom. The molecule has 0 aromatic carbocycles. The summed E-state index contributed by atoms with van der Waals surface area (Å²) in [6.07, 6.45) is 8.83. The molecular weight excluding hydrogens is 236 g/mol. The molecule has 1 rings (SSSR count). The Kier molecular flexibility index (Phi) is 7.33. The van der Waals surface area contributed by atoms with Crippen LogP contribution in [0.1, 0.15) is 65.7 Å². The van der Waals surface area contributed by atoms with E-state index in [1.165, 1.54) is 45.2 Å². The van der Waals surface area contributed by atoms with Crippen LogP contribution in [-0.2, 0) is 0 Å². The molecule has 0 amide bonds. The first kappa shape index (κ1) is 16.9. The van der Waals surface area contributed by atoms with E-state index in [2.05, 4.69) is 18.7 Å². The molecule has 1 aliphatic carbocycles. The fourth-order valence-corrected chi connectivity index (χ4v) is 3.08. The van der Waals surface area contributed by atoms with E-state index in [1.807, 2.05) is 6.92 Å². The maximum absolute atomic E-state index is 9.16. The van der Waals surface area contributed by atoms with E-state index in [9.17, 15) is 0 Å². The zero-order valence-corrected chi connectivity index (χ0v) is 13.2. The zero-order chi connectivity index (χ0) is 14.3. The van der Waals surface area contributed by atoms with Crippen LogP contribution in [0, 0.1) is 5.92 Å². The second-order valence-electron chi connectivity index (χ2n) is 7.10. The summed E-state index contributed by atoms with van der Waals surface area (Å²) in [6.45, 7) is 9.07. The summed E-state index contributed by atoms with van der Waals surface area (Å²) in [5, 5.41) is 9.16. The molecule has 3 heteroatoms. The molecule has 0 aromatic rings. The van der Waals surface area contributed by atoms with Crippen molar-refractivity contribution >= 4 is 0 Å². The van der Waals surface area contributed by atoms with Crippen LogP contribution >= 0.6 is 0 Å². The lowest BCUT2D eigenvalue weighted by Crippen LogP contribution is -2.40. The van der Waals surface area contributed by atoms with Gasteiger partial charge < -0.3 is 15.7 Å². The minimum atomic E-state index is -0.393. The molecule has 0 aliphatic heterocycles. The Morgan fingerprint density at radius 3 is 2.42 bits per heavy atom. The molecule has 1 saturated carbocycles. The Balaban J connectivity index is 2.28. The Labute approximate surface area is 119 Å². The van der Waals surface area contributed by atoms with Gasteiger partial charge in [0.2, 0.25) is 0 Å². The molecule has 1 fully saturated rings. The normalized spacial score (nSPS) is 20.4. The Hall–Kier alpha value is -0.120. The highest BCUT2D eigenvalue weighted by molar-refractivity contribution is 4.80. The first-order valence-corrected chi connectivity index (χ1v) is 8.08. The molecule has 0 heterocycles. The van der Waals surface area contributed by atoms with Gasteiger partial charge >= 0.3 is 0 Å². The van der Waals surface area contributed by atoms with Crippen molar-refractivity contribution in [2.45, 2.75) is 77.3 Å². The minimum absolute atomic E-state index is 0.0886. The summed E-state index contributed by atoms with van der Waals surface area (Å²) >= 11 is 0. The third-order valence-corrected chi connectivity index (χ3v) is 4.25. The SMILES string of the molecule is CC(C)CN(CCCCC(C)(N)CO)C1CCCC1. The quantitative estimate of drug-likeness (QED) is 0.633. The number of aliphatic hydroxyl groups is 1. The fraction of sp³-hybridized carbons (Fsp3) is 1.00. The van der Waals surface area contributed by atoms with E-state index in [-0.39, 0.29) is 6.61 Å². The molecule has 1 atom stereocenters. The lowest BCUT2D eigenvalue weighted by molar-refractivity contribution is 0.166. The van der Waals surface area contributed by atoms with Gasteiger partial charge in [0.15, 0.2) is 0 Å². The average molecular weight is 270 g/mol. The number of hydrogen-bond acceptors (Lipinski definition) is 3. The molecule has 19 heavy (non-hydrogen) atoms. The lowest BCUT2D eigenvalue weighted by Gasteiger charge is -2.31. The van der Waals surface area contributed by atoms with Gasteiger partial charge in [0.25, 0.3) is 0 Å². The largest absolute Gasteiger partial charge is 0.394 e. The van der Waals surface area contributed by atoms with Crippen molar-refractivity contribution < 1.29 is 5.11 Å². The topological polar surface area (TPSA) is 49.5 Å². The van der Waals surface area contributed by atoms with Gasteiger partial charge in [0.1, 0.15) is 0 Å². The first-order chi connectivity index (χ1) is 8.94. The number of aliphatic hydroxyl groups excluding tert-OH is 1. The van der Waals surface area contributed by atoms with Crippen molar-refractivity contribution in [3.63, 3.8) is 0 Å². The van der Waals surface area contributed by atoms with Gasteiger partial charge in [-0.3, -0.25) is 0 Å². The maximum atomic E-state index is 9.16. The Bertz CT molecular complexity index is 235. The zero-order valence-electron chi connectivity index (χ0n) is 13.2. The van der Waals surface area contributed by atoms with Gasteiger partial charge in [-0.1, -0.05) is 33.1 Å². The van der Waals surface area contributed by atoms with Crippen molar-refractivity contribution in [3.05, 3.63) is 0 Å². The number of nitrogens with two attached hydrogens (primary N) is 1. The molecule has 1 unspecified atom stereocenters. The van der Waals surface area contributed by atoms with Gasteiger partial charge in [-0.15, -0.1) is 0 Å². The molecule has 0 saturated heterocycles. The van der Waals surface area contributed by atoms with Crippen LogP contribution in [-0.4, -0.2) is 41.3 Å². The summed E-state index contributed by atoms with van der Waals surface area (Å²) in [4.78, 5) is 2.70.